The Bertz CT molecular complexity index is 949. The number of hydrogen-bond acceptors (Lipinski definition) is 5. The number of anilines is 1. The zero-order valence-electron chi connectivity index (χ0n) is 12.9. The molecule has 0 amide bonds. The first kappa shape index (κ1) is 15.1. The van der Waals surface area contributed by atoms with Crippen LogP contribution in [-0.4, -0.2) is 40.5 Å². The summed E-state index contributed by atoms with van der Waals surface area (Å²) in [5, 5.41) is 3.84. The van der Waals surface area contributed by atoms with Crippen molar-refractivity contribution in [3.63, 3.8) is 0 Å². The first-order chi connectivity index (χ1) is 11.7. The van der Waals surface area contributed by atoms with Crippen molar-refractivity contribution < 1.29 is 0 Å². The fourth-order valence-electron chi connectivity index (χ4n) is 2.90. The SMILES string of the molecule is O=c1cc(-c2cncc(Cl)c2)nc2ccc(N3CCNCC3)cn12. The van der Waals surface area contributed by atoms with Gasteiger partial charge in [-0.15, -0.1) is 0 Å². The highest BCUT2D eigenvalue weighted by Crippen LogP contribution is 2.20. The zero-order chi connectivity index (χ0) is 16.5. The van der Waals surface area contributed by atoms with Gasteiger partial charge in [0.1, 0.15) is 5.65 Å². The predicted molar refractivity (Wildman–Crippen MR) is 94.8 cm³/mol. The highest BCUT2D eigenvalue weighted by atomic mass is 35.5. The molecular weight excluding hydrogens is 326 g/mol. The molecule has 0 bridgehead atoms. The van der Waals surface area contributed by atoms with Crippen molar-refractivity contribution in [1.82, 2.24) is 19.7 Å². The smallest absolute Gasteiger partial charge is 0.258 e. The van der Waals surface area contributed by atoms with Crippen molar-refractivity contribution in [2.75, 3.05) is 31.1 Å². The Hall–Kier alpha value is -2.44. The van der Waals surface area contributed by atoms with Crippen molar-refractivity contribution in [3.05, 3.63) is 58.2 Å². The molecule has 0 atom stereocenters. The van der Waals surface area contributed by atoms with Gasteiger partial charge in [0, 0.05) is 56.4 Å². The molecule has 1 saturated heterocycles. The maximum absolute atomic E-state index is 12.5. The highest BCUT2D eigenvalue weighted by molar-refractivity contribution is 6.30. The number of halogens is 1. The van der Waals surface area contributed by atoms with Crippen molar-refractivity contribution in [3.8, 4) is 11.3 Å². The van der Waals surface area contributed by atoms with Gasteiger partial charge in [-0.3, -0.25) is 14.2 Å². The Balaban J connectivity index is 1.78. The van der Waals surface area contributed by atoms with E-state index < -0.39 is 0 Å². The van der Waals surface area contributed by atoms with Gasteiger partial charge in [-0.05, 0) is 18.2 Å². The van der Waals surface area contributed by atoms with Gasteiger partial charge in [0.15, 0.2) is 0 Å². The van der Waals surface area contributed by atoms with Crippen LogP contribution in [0.15, 0.2) is 47.7 Å². The van der Waals surface area contributed by atoms with Crippen LogP contribution in [0.1, 0.15) is 0 Å². The number of piperazine rings is 1. The molecule has 4 heterocycles. The van der Waals surface area contributed by atoms with E-state index in [2.05, 4.69) is 20.2 Å². The van der Waals surface area contributed by atoms with Crippen LogP contribution >= 0.6 is 11.6 Å². The lowest BCUT2D eigenvalue weighted by Crippen LogP contribution is -2.43. The van der Waals surface area contributed by atoms with E-state index in [-0.39, 0.29) is 5.56 Å². The summed E-state index contributed by atoms with van der Waals surface area (Å²) >= 11 is 5.98. The number of nitrogens with one attached hydrogen (secondary N) is 1. The molecule has 0 aromatic carbocycles. The minimum Gasteiger partial charge on any atom is -0.368 e. The van der Waals surface area contributed by atoms with Crippen LogP contribution in [0.3, 0.4) is 0 Å². The fourth-order valence-corrected chi connectivity index (χ4v) is 3.08. The molecule has 1 aliphatic rings. The molecule has 0 spiro atoms. The van der Waals surface area contributed by atoms with Crippen molar-refractivity contribution in [2.24, 2.45) is 0 Å². The molecule has 1 aliphatic heterocycles. The Morgan fingerprint density at radius 3 is 2.75 bits per heavy atom. The van der Waals surface area contributed by atoms with Gasteiger partial charge in [-0.1, -0.05) is 11.6 Å². The van der Waals surface area contributed by atoms with Gasteiger partial charge in [0.2, 0.25) is 0 Å². The fraction of sp³-hybridized carbons (Fsp3) is 0.235. The second kappa shape index (κ2) is 6.22. The molecule has 3 aromatic heterocycles. The van der Waals surface area contributed by atoms with E-state index in [1.165, 1.54) is 6.07 Å². The first-order valence-electron chi connectivity index (χ1n) is 7.81. The van der Waals surface area contributed by atoms with E-state index in [9.17, 15) is 4.79 Å². The quantitative estimate of drug-likeness (QED) is 0.770. The summed E-state index contributed by atoms with van der Waals surface area (Å²) in [6.45, 7) is 3.76. The average Bonchev–Trinajstić information content (AvgIpc) is 2.62. The lowest BCUT2D eigenvalue weighted by atomic mass is 10.2. The van der Waals surface area contributed by atoms with Gasteiger partial charge in [0.05, 0.1) is 16.4 Å². The largest absolute Gasteiger partial charge is 0.368 e. The third kappa shape index (κ3) is 2.86. The maximum atomic E-state index is 12.5. The van der Waals surface area contributed by atoms with E-state index in [1.54, 1.807) is 22.9 Å². The molecule has 4 rings (SSSR count). The van der Waals surface area contributed by atoms with Crippen LogP contribution < -0.4 is 15.8 Å². The summed E-state index contributed by atoms with van der Waals surface area (Å²) in [7, 11) is 0. The standard InChI is InChI=1S/C17H16ClN5O/c18-13-7-12(9-20-10-13)15-8-17(24)23-11-14(1-2-16(23)21-15)22-5-3-19-4-6-22/h1-2,7-11,19H,3-6H2. The molecular formula is C17H16ClN5O. The summed E-state index contributed by atoms with van der Waals surface area (Å²) in [6, 6.07) is 7.15. The van der Waals surface area contributed by atoms with E-state index in [0.717, 1.165) is 37.4 Å². The summed E-state index contributed by atoms with van der Waals surface area (Å²) in [5.74, 6) is 0. The molecule has 3 aromatic rings. The van der Waals surface area contributed by atoms with Crippen LogP contribution in [0, 0.1) is 0 Å². The molecule has 0 aliphatic carbocycles. The number of pyridine rings is 2. The molecule has 1 N–H and O–H groups in total. The summed E-state index contributed by atoms with van der Waals surface area (Å²) in [6.07, 6.45) is 5.06. The number of aromatic nitrogens is 3. The van der Waals surface area contributed by atoms with Crippen LogP contribution in [0.25, 0.3) is 16.9 Å². The third-order valence-corrected chi connectivity index (χ3v) is 4.33. The lowest BCUT2D eigenvalue weighted by Gasteiger charge is -2.29. The predicted octanol–water partition coefficient (Wildman–Crippen LogP) is 1.82. The third-order valence-electron chi connectivity index (χ3n) is 4.13. The Labute approximate surface area is 143 Å². The number of hydrogen-bond donors (Lipinski definition) is 1. The minimum atomic E-state index is -0.119. The van der Waals surface area contributed by atoms with Crippen LogP contribution in [0.5, 0.6) is 0 Å². The second-order valence-corrected chi connectivity index (χ2v) is 6.16. The van der Waals surface area contributed by atoms with Gasteiger partial charge in [0.25, 0.3) is 5.56 Å². The van der Waals surface area contributed by atoms with E-state index in [4.69, 9.17) is 11.6 Å². The van der Waals surface area contributed by atoms with Gasteiger partial charge >= 0.3 is 0 Å². The van der Waals surface area contributed by atoms with Crippen molar-refractivity contribution >= 4 is 22.9 Å². The first-order valence-corrected chi connectivity index (χ1v) is 8.18. The van der Waals surface area contributed by atoms with Crippen LogP contribution in [-0.2, 0) is 0 Å². The molecule has 6 nitrogen and oxygen atoms in total. The van der Waals surface area contributed by atoms with Crippen molar-refractivity contribution in [2.45, 2.75) is 0 Å². The number of fused-ring (bicyclic) bond motifs is 1. The van der Waals surface area contributed by atoms with Crippen molar-refractivity contribution in [1.29, 1.82) is 0 Å². The Morgan fingerprint density at radius 1 is 1.12 bits per heavy atom. The highest BCUT2D eigenvalue weighted by Gasteiger charge is 2.12. The van der Waals surface area contributed by atoms with Crippen LogP contribution in [0.2, 0.25) is 5.02 Å². The van der Waals surface area contributed by atoms with Crippen LogP contribution in [0.4, 0.5) is 5.69 Å². The second-order valence-electron chi connectivity index (χ2n) is 5.72. The molecule has 0 radical (unpaired) electrons. The minimum absolute atomic E-state index is 0.119. The zero-order valence-corrected chi connectivity index (χ0v) is 13.7. The van der Waals surface area contributed by atoms with Gasteiger partial charge in [-0.2, -0.15) is 0 Å². The molecule has 122 valence electrons. The average molecular weight is 342 g/mol. The maximum Gasteiger partial charge on any atom is 0.258 e. The molecule has 0 saturated carbocycles. The van der Waals surface area contributed by atoms with E-state index in [1.807, 2.05) is 18.3 Å². The summed E-state index contributed by atoms with van der Waals surface area (Å²) in [4.78, 5) is 23.4. The molecule has 24 heavy (non-hydrogen) atoms. The monoisotopic (exact) mass is 341 g/mol. The van der Waals surface area contributed by atoms with Gasteiger partial charge < -0.3 is 10.2 Å². The molecule has 1 fully saturated rings. The summed E-state index contributed by atoms with van der Waals surface area (Å²) in [5.41, 5.74) is 2.83. The Morgan fingerprint density at radius 2 is 1.96 bits per heavy atom. The molecule has 7 heteroatoms. The number of nitrogens with zero attached hydrogens (tertiary/aromatic N) is 4. The Kier molecular flexibility index (Phi) is 3.92. The number of rotatable bonds is 2. The van der Waals surface area contributed by atoms with E-state index >= 15 is 0 Å². The molecule has 0 unspecified atom stereocenters. The topological polar surface area (TPSA) is 62.5 Å². The normalized spacial score (nSPS) is 15.0. The lowest BCUT2D eigenvalue weighted by molar-refractivity contribution is 0.588. The summed E-state index contributed by atoms with van der Waals surface area (Å²) < 4.78 is 1.58. The van der Waals surface area contributed by atoms with Gasteiger partial charge in [-0.25, -0.2) is 4.98 Å². The van der Waals surface area contributed by atoms with E-state index in [0.29, 0.717) is 16.4 Å².